The molecule has 6 atom stereocenters. The lowest BCUT2D eigenvalue weighted by Gasteiger charge is -2.42. The number of hydrogen-bond donors (Lipinski definition) is 4. The Hall–Kier alpha value is -2.11. The molecule has 0 aliphatic carbocycles. The van der Waals surface area contributed by atoms with Gasteiger partial charge in [-0.05, 0) is 24.1 Å². The van der Waals surface area contributed by atoms with Crippen LogP contribution in [0.1, 0.15) is 29.7 Å². The minimum atomic E-state index is -4.56. The van der Waals surface area contributed by atoms with E-state index < -0.39 is 54.9 Å². The summed E-state index contributed by atoms with van der Waals surface area (Å²) in [6.45, 7) is 3.04. The second-order valence-corrected chi connectivity index (χ2v) is 7.44. The number of nitrogens with zero attached hydrogens (tertiary/aromatic N) is 2. The molecule has 7 nitrogen and oxygen atoms in total. The summed E-state index contributed by atoms with van der Waals surface area (Å²) in [5.41, 5.74) is 1.30. The lowest BCUT2D eigenvalue weighted by Crippen LogP contribution is -2.59. The number of aliphatic hydroxyl groups excluding tert-OH is 4. The fourth-order valence-corrected chi connectivity index (χ4v) is 3.69. The Balaban J connectivity index is 1.84. The summed E-state index contributed by atoms with van der Waals surface area (Å²) in [7, 11) is 0. The summed E-state index contributed by atoms with van der Waals surface area (Å²) in [6, 6.07) is 5.13. The minimum Gasteiger partial charge on any atom is -0.394 e. The van der Waals surface area contributed by atoms with E-state index in [0.29, 0.717) is 11.8 Å². The van der Waals surface area contributed by atoms with Crippen molar-refractivity contribution in [2.24, 2.45) is 0 Å². The van der Waals surface area contributed by atoms with Crippen LogP contribution in [0.15, 0.2) is 30.6 Å². The van der Waals surface area contributed by atoms with Gasteiger partial charge in [-0.1, -0.05) is 19.1 Å². The normalized spacial score (nSPS) is 28.4. The molecule has 3 rings (SSSR count). The van der Waals surface area contributed by atoms with E-state index in [1.165, 1.54) is 0 Å². The van der Waals surface area contributed by atoms with E-state index in [0.717, 1.165) is 17.3 Å². The molecule has 3 unspecified atom stereocenters. The summed E-state index contributed by atoms with van der Waals surface area (Å²) in [4.78, 5) is 7.25. The average Bonchev–Trinajstić information content (AvgIpc) is 2.71. The molecule has 4 N–H and O–H groups in total. The van der Waals surface area contributed by atoms with Crippen LogP contribution in [-0.4, -0.2) is 67.5 Å². The molecule has 0 saturated carbocycles. The predicted octanol–water partition coefficient (Wildman–Crippen LogP) is 1.42. The molecule has 30 heavy (non-hydrogen) atoms. The van der Waals surface area contributed by atoms with Gasteiger partial charge in [0.2, 0.25) is 0 Å². The number of alkyl halides is 3. The van der Waals surface area contributed by atoms with Crippen molar-refractivity contribution < 1.29 is 38.3 Å². The molecular formula is C20H23F3N2O5. The standard InChI is InChI=1S/C20H23F3N2O5/c1-9-5-11(13-6-25-15(7-24-13)20(21,22)23)3-4-12(9)10(2)19-18(29)17(28)16(27)14(8-26)30-19/h3-7,10,14,16-19,26-29H,8H2,1-2H3/t10-,14?,16-,17?,18?,19-/m1/s1. The topological polar surface area (TPSA) is 116 Å². The summed E-state index contributed by atoms with van der Waals surface area (Å²) >= 11 is 0. The van der Waals surface area contributed by atoms with Crippen molar-refractivity contribution in [3.8, 4) is 11.3 Å². The molecular weight excluding hydrogens is 405 g/mol. The molecule has 164 valence electrons. The number of aromatic nitrogens is 2. The van der Waals surface area contributed by atoms with Crippen molar-refractivity contribution in [2.75, 3.05) is 6.61 Å². The van der Waals surface area contributed by atoms with Crippen molar-refractivity contribution in [1.82, 2.24) is 9.97 Å². The largest absolute Gasteiger partial charge is 0.434 e. The van der Waals surface area contributed by atoms with Crippen LogP contribution in [0, 0.1) is 6.92 Å². The molecule has 2 heterocycles. The lowest BCUT2D eigenvalue weighted by molar-refractivity contribution is -0.233. The molecule has 1 fully saturated rings. The zero-order valence-electron chi connectivity index (χ0n) is 16.3. The molecule has 1 saturated heterocycles. The van der Waals surface area contributed by atoms with Crippen molar-refractivity contribution in [2.45, 2.75) is 56.5 Å². The maximum Gasteiger partial charge on any atom is 0.434 e. The summed E-state index contributed by atoms with van der Waals surface area (Å²) in [5.74, 6) is -0.413. The Bertz CT molecular complexity index is 876. The number of rotatable bonds is 4. The highest BCUT2D eigenvalue weighted by Gasteiger charge is 2.45. The average molecular weight is 428 g/mol. The van der Waals surface area contributed by atoms with Crippen LogP contribution in [0.3, 0.4) is 0 Å². The molecule has 2 aromatic rings. The maximum absolute atomic E-state index is 12.7. The van der Waals surface area contributed by atoms with Crippen LogP contribution >= 0.6 is 0 Å². The first-order chi connectivity index (χ1) is 14.0. The summed E-state index contributed by atoms with van der Waals surface area (Å²) in [5, 5.41) is 39.7. The van der Waals surface area contributed by atoms with E-state index in [-0.39, 0.29) is 5.69 Å². The number of halogens is 3. The Morgan fingerprint density at radius 1 is 1.07 bits per heavy atom. The van der Waals surface area contributed by atoms with Gasteiger partial charge in [0.25, 0.3) is 0 Å². The first-order valence-electron chi connectivity index (χ1n) is 9.35. The van der Waals surface area contributed by atoms with Gasteiger partial charge in [0, 0.05) is 11.5 Å². The molecule has 0 spiro atoms. The highest BCUT2D eigenvalue weighted by Crippen LogP contribution is 2.34. The number of aliphatic hydroxyl groups is 4. The van der Waals surface area contributed by atoms with Crippen molar-refractivity contribution in [1.29, 1.82) is 0 Å². The Morgan fingerprint density at radius 3 is 2.30 bits per heavy atom. The zero-order valence-corrected chi connectivity index (χ0v) is 16.3. The van der Waals surface area contributed by atoms with E-state index in [9.17, 15) is 33.6 Å². The fourth-order valence-electron chi connectivity index (χ4n) is 3.69. The molecule has 1 aromatic heterocycles. The molecule has 0 bridgehead atoms. The van der Waals surface area contributed by atoms with Crippen LogP contribution in [0.4, 0.5) is 13.2 Å². The van der Waals surface area contributed by atoms with Crippen LogP contribution in [-0.2, 0) is 10.9 Å². The number of hydrogen-bond acceptors (Lipinski definition) is 7. The smallest absolute Gasteiger partial charge is 0.394 e. The van der Waals surface area contributed by atoms with Gasteiger partial charge in [0.05, 0.1) is 30.8 Å². The predicted molar refractivity (Wildman–Crippen MR) is 99.4 cm³/mol. The van der Waals surface area contributed by atoms with Gasteiger partial charge in [-0.15, -0.1) is 0 Å². The molecule has 1 aliphatic heterocycles. The zero-order chi connectivity index (χ0) is 22.2. The quantitative estimate of drug-likeness (QED) is 0.582. The number of ether oxygens (including phenoxy) is 1. The van der Waals surface area contributed by atoms with Gasteiger partial charge in [-0.3, -0.25) is 4.98 Å². The first kappa shape index (κ1) is 22.6. The van der Waals surface area contributed by atoms with E-state index in [1.807, 2.05) is 0 Å². The van der Waals surface area contributed by atoms with Gasteiger partial charge in [0.15, 0.2) is 5.69 Å². The Morgan fingerprint density at radius 2 is 1.77 bits per heavy atom. The van der Waals surface area contributed by atoms with Crippen LogP contribution in [0.5, 0.6) is 0 Å². The first-order valence-corrected chi connectivity index (χ1v) is 9.35. The van der Waals surface area contributed by atoms with Crippen LogP contribution in [0.2, 0.25) is 0 Å². The van der Waals surface area contributed by atoms with E-state index >= 15 is 0 Å². The lowest BCUT2D eigenvalue weighted by atomic mass is 9.83. The van der Waals surface area contributed by atoms with Gasteiger partial charge in [0.1, 0.15) is 24.4 Å². The van der Waals surface area contributed by atoms with Crippen LogP contribution < -0.4 is 0 Å². The van der Waals surface area contributed by atoms with Crippen molar-refractivity contribution >= 4 is 0 Å². The summed E-state index contributed by atoms with van der Waals surface area (Å²) in [6.07, 6.45) is -8.98. The fraction of sp³-hybridized carbons (Fsp3) is 0.500. The SMILES string of the molecule is Cc1cc(-c2cnc(C(F)(F)F)cn2)ccc1[C@@H](C)[C@H]1OC(CO)[C@@H](O)C(O)C1O. The molecule has 0 amide bonds. The third-order valence-electron chi connectivity index (χ3n) is 5.42. The van der Waals surface area contributed by atoms with Crippen molar-refractivity contribution in [3.05, 3.63) is 47.4 Å². The monoisotopic (exact) mass is 428 g/mol. The van der Waals surface area contributed by atoms with E-state index in [1.54, 1.807) is 32.0 Å². The number of benzene rings is 1. The molecule has 1 aliphatic rings. The minimum absolute atomic E-state index is 0.276. The van der Waals surface area contributed by atoms with E-state index in [2.05, 4.69) is 9.97 Å². The van der Waals surface area contributed by atoms with E-state index in [4.69, 9.17) is 4.74 Å². The molecule has 0 radical (unpaired) electrons. The Kier molecular flexibility index (Phi) is 6.44. The second-order valence-electron chi connectivity index (χ2n) is 7.44. The third kappa shape index (κ3) is 4.33. The molecule has 10 heteroatoms. The number of aryl methyl sites for hydroxylation is 1. The Labute approximate surface area is 170 Å². The van der Waals surface area contributed by atoms with Crippen LogP contribution in [0.25, 0.3) is 11.3 Å². The highest BCUT2D eigenvalue weighted by atomic mass is 19.4. The highest BCUT2D eigenvalue weighted by molar-refractivity contribution is 5.60. The second kappa shape index (κ2) is 8.56. The van der Waals surface area contributed by atoms with Gasteiger partial charge in [-0.2, -0.15) is 13.2 Å². The van der Waals surface area contributed by atoms with Crippen molar-refractivity contribution in [3.63, 3.8) is 0 Å². The van der Waals surface area contributed by atoms with Gasteiger partial charge < -0.3 is 25.2 Å². The summed E-state index contributed by atoms with van der Waals surface area (Å²) < 4.78 is 43.6. The molecule has 1 aromatic carbocycles. The maximum atomic E-state index is 12.7. The van der Waals surface area contributed by atoms with Gasteiger partial charge >= 0.3 is 6.18 Å². The third-order valence-corrected chi connectivity index (χ3v) is 5.42. The van der Waals surface area contributed by atoms with Gasteiger partial charge in [-0.25, -0.2) is 4.98 Å².